The van der Waals surface area contributed by atoms with Crippen LogP contribution in [0.15, 0.2) is 0 Å². The average molecular weight is 409 g/mol. The van der Waals surface area contributed by atoms with Gasteiger partial charge in [-0.15, -0.1) is 0 Å². The second-order valence-corrected chi connectivity index (χ2v) is 8.23. The van der Waals surface area contributed by atoms with Crippen LogP contribution < -0.4 is 0 Å². The topological polar surface area (TPSA) is 37.3 Å². The van der Waals surface area contributed by atoms with Crippen LogP contribution in [0.2, 0.25) is 0 Å². The highest BCUT2D eigenvalue weighted by Crippen LogP contribution is 2.23. The van der Waals surface area contributed by atoms with Crippen LogP contribution in [0.3, 0.4) is 0 Å². The van der Waals surface area contributed by atoms with Gasteiger partial charge >= 0.3 is 12.1 Å². The molecule has 0 aromatic heterocycles. The molecular formula is C23H43F3O2. The molecule has 0 aliphatic carbocycles. The van der Waals surface area contributed by atoms with E-state index in [-0.39, 0.29) is 6.42 Å². The Morgan fingerprint density at radius 3 is 1.00 bits per heavy atom. The summed E-state index contributed by atoms with van der Waals surface area (Å²) in [5.74, 6) is -0.682. The van der Waals surface area contributed by atoms with Gasteiger partial charge < -0.3 is 5.11 Å². The Morgan fingerprint density at radius 1 is 0.500 bits per heavy atom. The van der Waals surface area contributed by atoms with Gasteiger partial charge in [0.2, 0.25) is 0 Å². The quantitative estimate of drug-likeness (QED) is 0.193. The maximum atomic E-state index is 12.0. The fraction of sp³-hybridized carbons (Fsp3) is 0.957. The number of rotatable bonds is 21. The first-order valence-electron chi connectivity index (χ1n) is 11.7. The van der Waals surface area contributed by atoms with E-state index < -0.39 is 18.6 Å². The van der Waals surface area contributed by atoms with E-state index in [4.69, 9.17) is 5.11 Å². The molecule has 0 fully saturated rings. The van der Waals surface area contributed by atoms with Crippen molar-refractivity contribution in [3.05, 3.63) is 0 Å². The van der Waals surface area contributed by atoms with Crippen LogP contribution in [0.1, 0.15) is 135 Å². The molecule has 0 unspecified atom stereocenters. The van der Waals surface area contributed by atoms with Gasteiger partial charge in [-0.1, -0.05) is 109 Å². The molecular weight excluding hydrogens is 365 g/mol. The Morgan fingerprint density at radius 2 is 0.750 bits per heavy atom. The van der Waals surface area contributed by atoms with Crippen LogP contribution >= 0.6 is 0 Å². The van der Waals surface area contributed by atoms with Crippen molar-refractivity contribution in [2.45, 2.75) is 141 Å². The second-order valence-electron chi connectivity index (χ2n) is 8.23. The van der Waals surface area contributed by atoms with E-state index in [2.05, 4.69) is 0 Å². The van der Waals surface area contributed by atoms with Gasteiger partial charge in [-0.3, -0.25) is 4.79 Å². The summed E-state index contributed by atoms with van der Waals surface area (Å²) in [6.45, 7) is 0. The van der Waals surface area contributed by atoms with Gasteiger partial charge in [-0.2, -0.15) is 13.2 Å². The summed E-state index contributed by atoms with van der Waals surface area (Å²) in [6.07, 6.45) is 17.2. The van der Waals surface area contributed by atoms with Crippen LogP contribution in [-0.2, 0) is 4.79 Å². The minimum Gasteiger partial charge on any atom is -0.481 e. The zero-order valence-electron chi connectivity index (χ0n) is 17.8. The molecule has 0 aromatic carbocycles. The number of unbranched alkanes of at least 4 members (excludes halogenated alkanes) is 18. The summed E-state index contributed by atoms with van der Waals surface area (Å²) in [5, 5.41) is 8.56. The number of halogens is 3. The molecule has 5 heteroatoms. The number of carbonyl (C=O) groups is 1. The highest BCUT2D eigenvalue weighted by atomic mass is 19.4. The molecule has 0 spiro atoms. The molecule has 0 aliphatic rings. The van der Waals surface area contributed by atoms with Crippen molar-refractivity contribution in [1.82, 2.24) is 0 Å². The zero-order valence-corrected chi connectivity index (χ0v) is 17.8. The normalized spacial score (nSPS) is 11.8. The van der Waals surface area contributed by atoms with Gasteiger partial charge in [-0.05, 0) is 12.8 Å². The SMILES string of the molecule is O=C(O)CCCCCCCCCCCCCCCCCCCCCC(F)(F)F. The van der Waals surface area contributed by atoms with Crippen LogP contribution in [0.4, 0.5) is 13.2 Å². The molecule has 1 N–H and O–H groups in total. The standard InChI is InChI=1S/C23H43F3O2/c24-23(25,26)21-19-17-15-13-11-9-7-5-3-1-2-4-6-8-10-12-14-16-18-20-22(27)28/h1-21H2,(H,27,28). The van der Waals surface area contributed by atoms with Crippen molar-refractivity contribution >= 4 is 5.97 Å². The third kappa shape index (κ3) is 25.3. The van der Waals surface area contributed by atoms with E-state index in [1.807, 2.05) is 0 Å². The molecule has 0 amide bonds. The largest absolute Gasteiger partial charge is 0.481 e. The number of alkyl halides is 3. The van der Waals surface area contributed by atoms with Gasteiger partial charge in [0.25, 0.3) is 0 Å². The van der Waals surface area contributed by atoms with Gasteiger partial charge in [0.05, 0.1) is 0 Å². The minimum absolute atomic E-state index is 0.288. The zero-order chi connectivity index (χ0) is 20.9. The molecule has 0 heterocycles. The van der Waals surface area contributed by atoms with Crippen LogP contribution in [0.25, 0.3) is 0 Å². The fourth-order valence-electron chi connectivity index (χ4n) is 3.61. The molecule has 28 heavy (non-hydrogen) atoms. The first kappa shape index (κ1) is 27.3. The molecule has 0 radical (unpaired) electrons. The van der Waals surface area contributed by atoms with Gasteiger partial charge in [-0.25, -0.2) is 0 Å². The molecule has 0 aromatic rings. The van der Waals surface area contributed by atoms with E-state index in [0.29, 0.717) is 12.8 Å². The Kier molecular flexibility index (Phi) is 19.1. The number of hydrogen-bond acceptors (Lipinski definition) is 1. The number of carboxylic acids is 1. The number of hydrogen-bond donors (Lipinski definition) is 1. The summed E-state index contributed by atoms with van der Waals surface area (Å²) in [6, 6.07) is 0. The van der Waals surface area contributed by atoms with Crippen LogP contribution in [0.5, 0.6) is 0 Å². The van der Waals surface area contributed by atoms with Crippen molar-refractivity contribution < 1.29 is 23.1 Å². The van der Waals surface area contributed by atoms with Crippen LogP contribution in [0, 0.1) is 0 Å². The minimum atomic E-state index is -3.98. The average Bonchev–Trinajstić information content (AvgIpc) is 2.61. The van der Waals surface area contributed by atoms with Crippen molar-refractivity contribution in [1.29, 1.82) is 0 Å². The molecule has 0 bridgehead atoms. The molecule has 2 nitrogen and oxygen atoms in total. The summed E-state index contributed by atoms with van der Waals surface area (Å²) < 4.78 is 36.0. The molecule has 168 valence electrons. The third-order valence-electron chi connectivity index (χ3n) is 5.35. The van der Waals surface area contributed by atoms with Crippen LogP contribution in [-0.4, -0.2) is 17.3 Å². The summed E-state index contributed by atoms with van der Waals surface area (Å²) in [5.41, 5.74) is 0. The highest BCUT2D eigenvalue weighted by molar-refractivity contribution is 5.66. The van der Waals surface area contributed by atoms with E-state index >= 15 is 0 Å². The first-order chi connectivity index (χ1) is 13.4. The lowest BCUT2D eigenvalue weighted by molar-refractivity contribution is -0.137. The fourth-order valence-corrected chi connectivity index (χ4v) is 3.61. The van der Waals surface area contributed by atoms with Crippen molar-refractivity contribution in [2.24, 2.45) is 0 Å². The Bertz CT molecular complexity index is 343. The van der Waals surface area contributed by atoms with E-state index in [0.717, 1.165) is 25.7 Å². The third-order valence-corrected chi connectivity index (χ3v) is 5.35. The lowest BCUT2D eigenvalue weighted by Gasteiger charge is -2.06. The number of aliphatic carboxylic acids is 1. The van der Waals surface area contributed by atoms with E-state index in [1.165, 1.54) is 83.5 Å². The monoisotopic (exact) mass is 408 g/mol. The Balaban J connectivity index is 3.04. The summed E-state index contributed by atoms with van der Waals surface area (Å²) in [7, 11) is 0. The van der Waals surface area contributed by atoms with Crippen molar-refractivity contribution in [3.63, 3.8) is 0 Å². The smallest absolute Gasteiger partial charge is 0.389 e. The lowest BCUT2D eigenvalue weighted by atomic mass is 10.0. The molecule has 0 saturated carbocycles. The molecule has 0 atom stereocenters. The number of carboxylic acid groups (broad SMARTS) is 1. The van der Waals surface area contributed by atoms with E-state index in [9.17, 15) is 18.0 Å². The van der Waals surface area contributed by atoms with E-state index in [1.54, 1.807) is 0 Å². The maximum absolute atomic E-state index is 12.0. The highest BCUT2D eigenvalue weighted by Gasteiger charge is 2.25. The molecule has 0 aliphatic heterocycles. The van der Waals surface area contributed by atoms with Crippen molar-refractivity contribution in [2.75, 3.05) is 0 Å². The first-order valence-corrected chi connectivity index (χ1v) is 11.7. The molecule has 0 saturated heterocycles. The summed E-state index contributed by atoms with van der Waals surface area (Å²) >= 11 is 0. The molecule has 0 rings (SSSR count). The summed E-state index contributed by atoms with van der Waals surface area (Å²) in [4.78, 5) is 10.4. The van der Waals surface area contributed by atoms with Gasteiger partial charge in [0.15, 0.2) is 0 Å². The van der Waals surface area contributed by atoms with Crippen molar-refractivity contribution in [3.8, 4) is 0 Å². The van der Waals surface area contributed by atoms with Gasteiger partial charge in [0, 0.05) is 12.8 Å². The maximum Gasteiger partial charge on any atom is 0.389 e. The van der Waals surface area contributed by atoms with Gasteiger partial charge in [0.1, 0.15) is 0 Å². The predicted molar refractivity (Wildman–Crippen MR) is 111 cm³/mol. The Labute approximate surface area is 170 Å². The predicted octanol–water partition coefficient (Wildman–Crippen LogP) is 8.83. The lowest BCUT2D eigenvalue weighted by Crippen LogP contribution is -2.06. The second kappa shape index (κ2) is 19.6. The Hall–Kier alpha value is -0.740.